The molecule has 0 saturated carbocycles. The van der Waals surface area contributed by atoms with Gasteiger partial charge in [0, 0.05) is 18.6 Å². The summed E-state index contributed by atoms with van der Waals surface area (Å²) in [5, 5.41) is 8.57. The Morgan fingerprint density at radius 2 is 1.81 bits per heavy atom. The molecule has 0 spiro atoms. The summed E-state index contributed by atoms with van der Waals surface area (Å²) in [5.74, 6) is -1.87. The van der Waals surface area contributed by atoms with E-state index in [0.717, 1.165) is 19.3 Å². The fraction of sp³-hybridized carbons (Fsp3) is 0.909. The minimum absolute atomic E-state index is 0.141. The van der Waals surface area contributed by atoms with E-state index in [-0.39, 0.29) is 18.6 Å². The summed E-state index contributed by atoms with van der Waals surface area (Å²) in [5.41, 5.74) is 0. The molecule has 3 atom stereocenters. The molecule has 16 heavy (non-hydrogen) atoms. The number of hydrogen-bond acceptors (Lipinski definition) is 2. The van der Waals surface area contributed by atoms with Crippen LogP contribution in [0.2, 0.25) is 0 Å². The normalized spacial score (nSPS) is 29.8. The molecule has 1 rings (SSSR count). The zero-order valence-corrected chi connectivity index (χ0v) is 9.59. The van der Waals surface area contributed by atoms with Gasteiger partial charge in [0.2, 0.25) is 0 Å². The molecule has 0 aromatic rings. The molecule has 0 amide bonds. The zero-order valence-electron chi connectivity index (χ0n) is 9.59. The molecule has 1 unspecified atom stereocenters. The predicted octanol–water partition coefficient (Wildman–Crippen LogP) is 2.95. The van der Waals surface area contributed by atoms with Gasteiger partial charge in [0.05, 0.1) is 6.07 Å². The molecular weight excluding hydrogens is 217 g/mol. The molecule has 92 valence electrons. The van der Waals surface area contributed by atoms with E-state index < -0.39 is 12.1 Å². The van der Waals surface area contributed by atoms with Crippen LogP contribution in [0.15, 0.2) is 0 Å². The zero-order chi connectivity index (χ0) is 12.3. The largest absolute Gasteiger partial charge is 0.405 e. The van der Waals surface area contributed by atoms with Crippen molar-refractivity contribution in [2.75, 3.05) is 6.54 Å². The highest BCUT2D eigenvalue weighted by atomic mass is 19.4. The maximum atomic E-state index is 12.5. The molecule has 0 radical (unpaired) electrons. The molecule has 2 nitrogen and oxygen atoms in total. The Balaban J connectivity index is 2.67. The van der Waals surface area contributed by atoms with E-state index in [1.165, 1.54) is 6.07 Å². The fourth-order valence-corrected chi connectivity index (χ4v) is 2.26. The van der Waals surface area contributed by atoms with Gasteiger partial charge in [-0.2, -0.15) is 18.4 Å². The Bertz CT molecular complexity index is 259. The molecule has 5 heteroatoms. The summed E-state index contributed by atoms with van der Waals surface area (Å²) < 4.78 is 37.4. The number of hydrogen-bond donors (Lipinski definition) is 0. The number of halogens is 3. The molecular formula is C11H17F3N2. The first-order chi connectivity index (χ1) is 7.36. The second-order valence-electron chi connectivity index (χ2n) is 4.55. The van der Waals surface area contributed by atoms with Crippen LogP contribution in [0.5, 0.6) is 0 Å². The van der Waals surface area contributed by atoms with Crippen molar-refractivity contribution in [3.05, 3.63) is 0 Å². The average Bonchev–Trinajstić information content (AvgIpc) is 2.15. The van der Waals surface area contributed by atoms with Gasteiger partial charge in [0.1, 0.15) is 0 Å². The summed E-state index contributed by atoms with van der Waals surface area (Å²) in [6, 6.07) is 1.65. The highest BCUT2D eigenvalue weighted by molar-refractivity contribution is 4.93. The fourth-order valence-electron chi connectivity index (χ4n) is 2.26. The van der Waals surface area contributed by atoms with Crippen molar-refractivity contribution in [3.8, 4) is 6.07 Å². The molecule has 1 aliphatic rings. The number of nitriles is 1. The van der Waals surface area contributed by atoms with Gasteiger partial charge >= 0.3 is 6.18 Å². The first kappa shape index (κ1) is 13.3. The Morgan fingerprint density at radius 3 is 2.19 bits per heavy atom. The van der Waals surface area contributed by atoms with E-state index >= 15 is 0 Å². The van der Waals surface area contributed by atoms with E-state index in [2.05, 4.69) is 0 Å². The third-order valence-electron chi connectivity index (χ3n) is 3.32. The van der Waals surface area contributed by atoms with Crippen molar-refractivity contribution in [2.45, 2.75) is 51.4 Å². The van der Waals surface area contributed by atoms with Crippen molar-refractivity contribution in [2.24, 2.45) is 5.92 Å². The second kappa shape index (κ2) is 5.05. The Labute approximate surface area is 94.0 Å². The molecule has 1 saturated heterocycles. The summed E-state index contributed by atoms with van der Waals surface area (Å²) >= 11 is 0. The van der Waals surface area contributed by atoms with Crippen LogP contribution in [0.4, 0.5) is 13.2 Å². The van der Waals surface area contributed by atoms with E-state index in [0.29, 0.717) is 0 Å². The molecule has 1 fully saturated rings. The molecule has 1 aliphatic heterocycles. The maximum Gasteiger partial charge on any atom is 0.405 e. The van der Waals surface area contributed by atoms with Crippen molar-refractivity contribution in [1.29, 1.82) is 5.26 Å². The Hall–Kier alpha value is -0.760. The Morgan fingerprint density at radius 1 is 1.31 bits per heavy atom. The van der Waals surface area contributed by atoms with Crippen LogP contribution in [0.25, 0.3) is 0 Å². The minimum Gasteiger partial charge on any atom is -0.296 e. The summed E-state index contributed by atoms with van der Waals surface area (Å²) in [4.78, 5) is 1.81. The van der Waals surface area contributed by atoms with Crippen LogP contribution in [-0.4, -0.2) is 29.7 Å². The topological polar surface area (TPSA) is 27.0 Å². The van der Waals surface area contributed by atoms with Crippen LogP contribution in [0.3, 0.4) is 0 Å². The highest BCUT2D eigenvalue weighted by Crippen LogP contribution is 2.30. The van der Waals surface area contributed by atoms with Gasteiger partial charge < -0.3 is 0 Å². The van der Waals surface area contributed by atoms with Crippen LogP contribution >= 0.6 is 0 Å². The third-order valence-corrected chi connectivity index (χ3v) is 3.32. The van der Waals surface area contributed by atoms with Crippen molar-refractivity contribution < 1.29 is 13.2 Å². The number of alkyl halides is 3. The first-order valence-electron chi connectivity index (χ1n) is 5.58. The van der Waals surface area contributed by atoms with Gasteiger partial charge in [-0.1, -0.05) is 6.42 Å². The molecule has 1 heterocycles. The monoisotopic (exact) mass is 234 g/mol. The second-order valence-corrected chi connectivity index (χ2v) is 4.55. The number of likely N-dealkylation sites (tertiary alicyclic amines) is 1. The van der Waals surface area contributed by atoms with Crippen molar-refractivity contribution in [1.82, 2.24) is 4.90 Å². The lowest BCUT2D eigenvalue weighted by molar-refractivity contribution is -0.166. The van der Waals surface area contributed by atoms with Crippen LogP contribution in [0.1, 0.15) is 33.1 Å². The van der Waals surface area contributed by atoms with Crippen LogP contribution in [0, 0.1) is 17.2 Å². The lowest BCUT2D eigenvalue weighted by Gasteiger charge is -2.40. The highest BCUT2D eigenvalue weighted by Gasteiger charge is 2.42. The summed E-state index contributed by atoms with van der Waals surface area (Å²) in [6.45, 7) is 3.67. The smallest absolute Gasteiger partial charge is 0.296 e. The molecule has 0 aromatic carbocycles. The molecule has 0 aromatic heterocycles. The van der Waals surface area contributed by atoms with Gasteiger partial charge in [-0.25, -0.2) is 0 Å². The van der Waals surface area contributed by atoms with Gasteiger partial charge in [-0.05, 0) is 26.7 Å². The Kier molecular flexibility index (Phi) is 4.20. The molecule has 0 aliphatic carbocycles. The minimum atomic E-state index is -4.41. The maximum absolute atomic E-state index is 12.5. The summed E-state index contributed by atoms with van der Waals surface area (Å²) in [7, 11) is 0. The van der Waals surface area contributed by atoms with E-state index in [1.807, 2.05) is 18.7 Å². The van der Waals surface area contributed by atoms with Crippen molar-refractivity contribution >= 4 is 0 Å². The van der Waals surface area contributed by atoms with Gasteiger partial charge in [0.25, 0.3) is 0 Å². The van der Waals surface area contributed by atoms with Crippen LogP contribution < -0.4 is 0 Å². The van der Waals surface area contributed by atoms with Gasteiger partial charge in [-0.3, -0.25) is 4.90 Å². The predicted molar refractivity (Wildman–Crippen MR) is 54.6 cm³/mol. The van der Waals surface area contributed by atoms with E-state index in [1.54, 1.807) is 0 Å². The third kappa shape index (κ3) is 3.11. The quantitative estimate of drug-likeness (QED) is 0.734. The van der Waals surface area contributed by atoms with Gasteiger partial charge in [-0.15, -0.1) is 0 Å². The van der Waals surface area contributed by atoms with E-state index in [9.17, 15) is 13.2 Å². The SMILES string of the molecule is C[C@@H]1CCC[C@H](C)N1CC(C#N)C(F)(F)F. The number of nitrogens with zero attached hydrogens (tertiary/aromatic N) is 2. The average molecular weight is 234 g/mol. The first-order valence-corrected chi connectivity index (χ1v) is 5.58. The molecule has 0 bridgehead atoms. The lowest BCUT2D eigenvalue weighted by Crippen LogP contribution is -2.48. The van der Waals surface area contributed by atoms with E-state index in [4.69, 9.17) is 5.26 Å². The standard InChI is InChI=1S/C11H17F3N2/c1-8-4-3-5-9(2)16(8)7-10(6-15)11(12,13)14/h8-10H,3-5,7H2,1-2H3/t8-,9+,10?. The van der Waals surface area contributed by atoms with Gasteiger partial charge in [0.15, 0.2) is 5.92 Å². The lowest BCUT2D eigenvalue weighted by atomic mass is 9.96. The number of piperidine rings is 1. The van der Waals surface area contributed by atoms with Crippen molar-refractivity contribution in [3.63, 3.8) is 0 Å². The number of rotatable bonds is 2. The van der Waals surface area contributed by atoms with Crippen LogP contribution in [-0.2, 0) is 0 Å². The summed E-state index contributed by atoms with van der Waals surface area (Å²) in [6.07, 6.45) is -1.52. The molecule has 0 N–H and O–H groups in total.